The number of Topliss-reactive ketones (excluding diaryl/α,β-unsaturated/α-hetero) is 3. The summed E-state index contributed by atoms with van der Waals surface area (Å²) in [6.45, 7) is 2.09. The number of ketones is 3. The van der Waals surface area contributed by atoms with Crippen molar-refractivity contribution in [2.45, 2.75) is 64.7 Å². The van der Waals surface area contributed by atoms with Gasteiger partial charge in [0, 0.05) is 54.5 Å². The molecule has 0 fully saturated rings. The van der Waals surface area contributed by atoms with E-state index in [1.165, 1.54) is 22.5 Å². The fourth-order valence-electron chi connectivity index (χ4n) is 8.66. The Morgan fingerprint density at radius 2 is 0.871 bits per heavy atom. The van der Waals surface area contributed by atoms with Crippen LogP contribution in [-0.4, -0.2) is 59.5 Å². The lowest BCUT2D eigenvalue weighted by Gasteiger charge is -2.13. The summed E-state index contributed by atoms with van der Waals surface area (Å²) in [6, 6.07) is 34.8. The molecule has 0 atom stereocenters. The molecule has 6 heterocycles. The van der Waals surface area contributed by atoms with Crippen molar-refractivity contribution in [2.75, 3.05) is 7.11 Å². The van der Waals surface area contributed by atoms with Gasteiger partial charge >= 0.3 is 0 Å². The number of ether oxygens (including phenoxy) is 1. The fourth-order valence-corrected chi connectivity index (χ4v) is 11.3. The van der Waals surface area contributed by atoms with Crippen LogP contribution < -0.4 is 4.74 Å². The molecule has 0 radical (unpaired) electrons. The van der Waals surface area contributed by atoms with E-state index in [4.69, 9.17) is 4.74 Å². The van der Waals surface area contributed by atoms with Gasteiger partial charge in [-0.1, -0.05) is 54.1 Å². The second-order valence-corrected chi connectivity index (χ2v) is 20.2. The van der Waals surface area contributed by atoms with E-state index in [-0.39, 0.29) is 23.1 Å². The van der Waals surface area contributed by atoms with Crippen molar-refractivity contribution in [2.24, 2.45) is 0 Å². The highest BCUT2D eigenvalue weighted by Crippen LogP contribution is 2.37. The molecule has 1 N–H and O–H groups in total. The summed E-state index contributed by atoms with van der Waals surface area (Å²) < 4.78 is 5.28. The van der Waals surface area contributed by atoms with Gasteiger partial charge in [-0.15, -0.1) is 34.0 Å². The molecule has 348 valence electrons. The van der Waals surface area contributed by atoms with Crippen LogP contribution in [0.2, 0.25) is 0 Å². The molecular weight excluding hydrogens is 933 g/mol. The van der Waals surface area contributed by atoms with Gasteiger partial charge in [0.1, 0.15) is 26.5 Å². The number of phenols is 1. The average Bonchev–Trinajstić information content (AvgIpc) is 4.20. The molecule has 0 saturated carbocycles. The molecule has 70 heavy (non-hydrogen) atoms. The number of rotatable bonds is 7. The van der Waals surface area contributed by atoms with Gasteiger partial charge in [0.2, 0.25) is 0 Å². The number of aromatic nitrogens is 6. The summed E-state index contributed by atoms with van der Waals surface area (Å²) in [5.41, 5.74) is 12.0. The number of pyridine rings is 3. The smallest absolute Gasteiger partial charge is 0.164 e. The van der Waals surface area contributed by atoms with Gasteiger partial charge in [-0.2, -0.15) is 0 Å². The standard InChI is InChI=1S/C19H16N2O2S.C19H16N2OS.C18H14N2O2S/c1-23-13-5-2-4-12(10-13)18-11-20-19(24-18)16-9-8-14-15(21-16)6-3-7-17(14)22;1-12-4-2-5-13(10-12)18-11-20-19(23-18)16-9-8-14-15(21-16)6-3-7-17(14)22;21-12-4-1-3-11(9-12)17-10-19-18(23-17)15-8-7-13-14(20-15)5-2-6-16(13)22/h2,4-5,8-11H,3,6-7H2,1H3;2,4-5,8-11H,3,6-7H2,1H3;1,3-4,7-10,21H,2,5-6H2. The minimum absolute atomic E-state index is 0.185. The molecule has 14 heteroatoms. The largest absolute Gasteiger partial charge is 0.508 e. The van der Waals surface area contributed by atoms with E-state index in [0.29, 0.717) is 19.3 Å². The third kappa shape index (κ3) is 10.3. The Balaban J connectivity index is 0.000000122. The number of carbonyl (C=O) groups excluding carboxylic acids is 3. The fraction of sp³-hybridized carbons (Fsp3) is 0.196. The Morgan fingerprint density at radius 3 is 1.29 bits per heavy atom. The number of hydrogen-bond donors (Lipinski definition) is 1. The lowest BCUT2D eigenvalue weighted by Crippen LogP contribution is -2.12. The summed E-state index contributed by atoms with van der Waals surface area (Å²) in [7, 11) is 1.66. The molecular formula is C56H46N6O5S3. The Hall–Kier alpha value is -7.39. The van der Waals surface area contributed by atoms with Crippen molar-refractivity contribution in [1.82, 2.24) is 29.9 Å². The zero-order chi connectivity index (χ0) is 48.1. The Morgan fingerprint density at radius 1 is 0.471 bits per heavy atom. The molecule has 9 aromatic rings. The molecule has 0 aliphatic heterocycles. The van der Waals surface area contributed by atoms with Gasteiger partial charge in [0.05, 0.1) is 55.9 Å². The van der Waals surface area contributed by atoms with Crippen LogP contribution in [0.25, 0.3) is 63.4 Å². The first kappa shape index (κ1) is 46.3. The summed E-state index contributed by atoms with van der Waals surface area (Å²) in [4.78, 5) is 66.4. The highest BCUT2D eigenvalue weighted by atomic mass is 32.1. The van der Waals surface area contributed by atoms with E-state index in [1.54, 1.807) is 48.1 Å². The van der Waals surface area contributed by atoms with Crippen LogP contribution in [0, 0.1) is 6.92 Å². The lowest BCUT2D eigenvalue weighted by atomic mass is 9.94. The third-order valence-electron chi connectivity index (χ3n) is 12.2. The average molecular weight is 979 g/mol. The van der Waals surface area contributed by atoms with Crippen LogP contribution >= 0.6 is 34.0 Å². The number of nitrogens with zero attached hydrogens (tertiary/aromatic N) is 6. The van der Waals surface area contributed by atoms with Crippen LogP contribution in [0.3, 0.4) is 0 Å². The van der Waals surface area contributed by atoms with Crippen molar-refractivity contribution >= 4 is 51.4 Å². The first-order valence-corrected chi connectivity index (χ1v) is 25.6. The molecule has 0 spiro atoms. The monoisotopic (exact) mass is 978 g/mol. The molecule has 0 amide bonds. The Bertz CT molecular complexity index is 3280. The molecule has 3 aliphatic carbocycles. The quantitative estimate of drug-likeness (QED) is 0.162. The zero-order valence-corrected chi connectivity index (χ0v) is 40.9. The topological polar surface area (TPSA) is 158 Å². The minimum atomic E-state index is 0.185. The first-order chi connectivity index (χ1) is 34.1. The predicted molar refractivity (Wildman–Crippen MR) is 277 cm³/mol. The Labute approximate surface area is 417 Å². The maximum absolute atomic E-state index is 11.9. The second-order valence-electron chi connectivity index (χ2n) is 17.1. The van der Waals surface area contributed by atoms with Crippen molar-refractivity contribution in [1.29, 1.82) is 0 Å². The van der Waals surface area contributed by atoms with Crippen molar-refractivity contribution in [3.63, 3.8) is 0 Å². The predicted octanol–water partition coefficient (Wildman–Crippen LogP) is 13.2. The van der Waals surface area contributed by atoms with E-state index in [9.17, 15) is 19.5 Å². The molecule has 0 unspecified atom stereocenters. The van der Waals surface area contributed by atoms with Gasteiger partial charge in [0.25, 0.3) is 0 Å². The van der Waals surface area contributed by atoms with Crippen molar-refractivity contribution < 1.29 is 24.2 Å². The lowest BCUT2D eigenvalue weighted by molar-refractivity contribution is 0.0963. The van der Waals surface area contributed by atoms with E-state index < -0.39 is 0 Å². The van der Waals surface area contributed by atoms with E-state index in [0.717, 1.165) is 136 Å². The first-order valence-electron chi connectivity index (χ1n) is 23.1. The minimum Gasteiger partial charge on any atom is -0.508 e. The van der Waals surface area contributed by atoms with Crippen molar-refractivity contribution in [3.05, 3.63) is 167 Å². The van der Waals surface area contributed by atoms with Crippen LogP contribution in [-0.2, 0) is 19.3 Å². The van der Waals surface area contributed by atoms with Crippen LogP contribution in [0.4, 0.5) is 0 Å². The van der Waals surface area contributed by atoms with Crippen LogP contribution in [0.1, 0.15) is 92.2 Å². The zero-order valence-electron chi connectivity index (χ0n) is 38.5. The molecule has 0 bridgehead atoms. The van der Waals surface area contributed by atoms with E-state index in [2.05, 4.69) is 61.1 Å². The maximum atomic E-state index is 11.9. The number of hydrogen-bond acceptors (Lipinski definition) is 14. The number of carbonyl (C=O) groups is 3. The highest BCUT2D eigenvalue weighted by Gasteiger charge is 2.22. The van der Waals surface area contributed by atoms with Gasteiger partial charge < -0.3 is 9.84 Å². The number of fused-ring (bicyclic) bond motifs is 3. The summed E-state index contributed by atoms with van der Waals surface area (Å²) in [5, 5.41) is 12.2. The maximum Gasteiger partial charge on any atom is 0.164 e. The summed E-state index contributed by atoms with van der Waals surface area (Å²) >= 11 is 4.77. The summed E-state index contributed by atoms with van der Waals surface area (Å²) in [5.74, 6) is 1.66. The molecule has 12 rings (SSSR count). The number of aromatic hydroxyl groups is 1. The molecule has 11 nitrogen and oxygen atoms in total. The SMILES string of the molecule is COc1cccc(-c2cnc(-c3ccc4c(n3)CCCC4=O)s2)c1.Cc1cccc(-c2cnc(-c3ccc4c(n3)CCCC4=O)s2)c1.O=C1CCCc2nc(-c3ncc(-c4cccc(O)c4)s3)ccc21. The number of phenolic OH excluding ortho intramolecular Hbond substituents is 1. The highest BCUT2D eigenvalue weighted by molar-refractivity contribution is 7.19. The third-order valence-corrected chi connectivity index (χ3v) is 15.4. The summed E-state index contributed by atoms with van der Waals surface area (Å²) in [6.07, 6.45) is 12.7. The number of aryl methyl sites for hydroxylation is 4. The molecule has 6 aromatic heterocycles. The Kier molecular flexibility index (Phi) is 13.7. The van der Waals surface area contributed by atoms with Crippen LogP contribution in [0.5, 0.6) is 11.5 Å². The van der Waals surface area contributed by atoms with Crippen molar-refractivity contribution in [3.8, 4) is 74.9 Å². The van der Waals surface area contributed by atoms with Gasteiger partial charge in [-0.25, -0.2) is 29.9 Å². The van der Waals surface area contributed by atoms with Gasteiger partial charge in [-0.3, -0.25) is 14.4 Å². The molecule has 3 aromatic carbocycles. The van der Waals surface area contributed by atoms with Gasteiger partial charge in [0.15, 0.2) is 17.3 Å². The number of methoxy groups -OCH3 is 1. The second kappa shape index (κ2) is 20.7. The van der Waals surface area contributed by atoms with Crippen LogP contribution in [0.15, 0.2) is 128 Å². The van der Waals surface area contributed by atoms with Gasteiger partial charge in [-0.05, 0) is 123 Å². The molecule has 3 aliphatic rings. The number of benzene rings is 3. The normalized spacial score (nSPS) is 13.8. The number of thiazole rings is 3. The molecule has 0 saturated heterocycles. The van der Waals surface area contributed by atoms with E-state index >= 15 is 0 Å². The van der Waals surface area contributed by atoms with E-state index in [1.807, 2.05) is 85.2 Å².